The van der Waals surface area contributed by atoms with Crippen LogP contribution in [-0.2, 0) is 13.3 Å². The standard InChI is InChI=1S/C20H16ClFN6O2/c21-15-5-3-6-16(10-15)30-13-27-9-8-18(25-27)19(29)24-20-23-12-28(26-20)11-14-4-1-2-7-17(14)22/h1-10,12H,11,13H2,(H,24,26,29). The molecular weight excluding hydrogens is 411 g/mol. The predicted molar refractivity (Wildman–Crippen MR) is 108 cm³/mol. The number of rotatable bonds is 7. The third-order valence-electron chi connectivity index (χ3n) is 4.08. The third-order valence-corrected chi connectivity index (χ3v) is 4.32. The highest BCUT2D eigenvalue weighted by molar-refractivity contribution is 6.30. The van der Waals surface area contributed by atoms with Gasteiger partial charge < -0.3 is 4.74 Å². The SMILES string of the molecule is O=C(Nc1ncn(Cc2ccccc2F)n1)c1ccn(COc2cccc(Cl)c2)n1. The Morgan fingerprint density at radius 3 is 2.80 bits per heavy atom. The van der Waals surface area contributed by atoms with Gasteiger partial charge in [0.15, 0.2) is 12.4 Å². The number of hydrogen-bond acceptors (Lipinski definition) is 5. The molecule has 4 aromatic rings. The van der Waals surface area contributed by atoms with E-state index in [-0.39, 0.29) is 30.7 Å². The van der Waals surface area contributed by atoms with Gasteiger partial charge in [-0.05, 0) is 30.3 Å². The first kappa shape index (κ1) is 19.6. The van der Waals surface area contributed by atoms with Gasteiger partial charge in [0.25, 0.3) is 5.91 Å². The fourth-order valence-electron chi connectivity index (χ4n) is 2.65. The first-order valence-corrected chi connectivity index (χ1v) is 9.31. The normalized spacial score (nSPS) is 10.7. The Labute approximate surface area is 175 Å². The lowest BCUT2D eigenvalue weighted by Gasteiger charge is -2.06. The van der Waals surface area contributed by atoms with Crippen LogP contribution in [-0.4, -0.2) is 30.5 Å². The van der Waals surface area contributed by atoms with Gasteiger partial charge in [-0.15, -0.1) is 5.10 Å². The van der Waals surface area contributed by atoms with Crippen LogP contribution in [0.5, 0.6) is 5.75 Å². The van der Waals surface area contributed by atoms with Crippen LogP contribution < -0.4 is 10.1 Å². The van der Waals surface area contributed by atoms with Crippen LogP contribution in [0.25, 0.3) is 0 Å². The largest absolute Gasteiger partial charge is 0.471 e. The topological polar surface area (TPSA) is 86.9 Å². The molecule has 8 nitrogen and oxygen atoms in total. The highest BCUT2D eigenvalue weighted by Gasteiger charge is 2.13. The number of aromatic nitrogens is 5. The minimum atomic E-state index is -0.472. The molecule has 2 heterocycles. The number of halogens is 2. The highest BCUT2D eigenvalue weighted by Crippen LogP contribution is 2.17. The number of hydrogen-bond donors (Lipinski definition) is 1. The maximum absolute atomic E-state index is 13.7. The van der Waals surface area contributed by atoms with Gasteiger partial charge in [0.2, 0.25) is 5.95 Å². The van der Waals surface area contributed by atoms with Crippen molar-refractivity contribution in [1.29, 1.82) is 0 Å². The lowest BCUT2D eigenvalue weighted by Crippen LogP contribution is -2.15. The van der Waals surface area contributed by atoms with Crippen molar-refractivity contribution in [3.63, 3.8) is 0 Å². The number of carbonyl (C=O) groups is 1. The fraction of sp³-hybridized carbons (Fsp3) is 0.100. The van der Waals surface area contributed by atoms with Gasteiger partial charge in [-0.25, -0.2) is 18.7 Å². The zero-order valence-electron chi connectivity index (χ0n) is 15.6. The summed E-state index contributed by atoms with van der Waals surface area (Å²) < 4.78 is 22.2. The van der Waals surface area contributed by atoms with Crippen LogP contribution >= 0.6 is 11.6 Å². The van der Waals surface area contributed by atoms with E-state index in [2.05, 4.69) is 20.5 Å². The molecule has 2 aromatic carbocycles. The summed E-state index contributed by atoms with van der Waals surface area (Å²) in [5, 5.41) is 11.4. The number of nitrogens with zero attached hydrogens (tertiary/aromatic N) is 5. The number of anilines is 1. The Kier molecular flexibility index (Phi) is 5.71. The number of nitrogens with one attached hydrogen (secondary N) is 1. The van der Waals surface area contributed by atoms with E-state index in [4.69, 9.17) is 16.3 Å². The van der Waals surface area contributed by atoms with E-state index in [9.17, 15) is 9.18 Å². The molecule has 0 saturated carbocycles. The molecule has 0 unspecified atom stereocenters. The Balaban J connectivity index is 1.34. The summed E-state index contributed by atoms with van der Waals surface area (Å²) in [4.78, 5) is 16.4. The molecule has 30 heavy (non-hydrogen) atoms. The zero-order chi connectivity index (χ0) is 20.9. The lowest BCUT2D eigenvalue weighted by atomic mass is 10.2. The van der Waals surface area contributed by atoms with E-state index in [1.165, 1.54) is 21.8 Å². The van der Waals surface area contributed by atoms with Crippen LogP contribution in [0.1, 0.15) is 16.1 Å². The van der Waals surface area contributed by atoms with Crippen LogP contribution in [0, 0.1) is 5.82 Å². The Bertz CT molecular complexity index is 1180. The van der Waals surface area contributed by atoms with Crippen molar-refractivity contribution in [2.45, 2.75) is 13.3 Å². The van der Waals surface area contributed by atoms with Gasteiger partial charge in [-0.2, -0.15) is 5.10 Å². The predicted octanol–water partition coefficient (Wildman–Crippen LogP) is 3.60. The number of benzene rings is 2. The molecule has 0 bridgehead atoms. The fourth-order valence-corrected chi connectivity index (χ4v) is 2.83. The number of carbonyl (C=O) groups excluding carboxylic acids is 1. The molecule has 0 spiro atoms. The third kappa shape index (κ3) is 4.81. The highest BCUT2D eigenvalue weighted by atomic mass is 35.5. The molecule has 0 atom stereocenters. The second kappa shape index (κ2) is 8.75. The van der Waals surface area contributed by atoms with E-state index in [0.717, 1.165) is 0 Å². The second-order valence-corrected chi connectivity index (χ2v) is 6.72. The van der Waals surface area contributed by atoms with Gasteiger partial charge in [0.1, 0.15) is 17.9 Å². The minimum Gasteiger partial charge on any atom is -0.471 e. The van der Waals surface area contributed by atoms with Crippen LogP contribution in [0.4, 0.5) is 10.3 Å². The molecule has 0 aliphatic carbocycles. The Morgan fingerprint density at radius 1 is 1.10 bits per heavy atom. The minimum absolute atomic E-state index is 0.0982. The van der Waals surface area contributed by atoms with Gasteiger partial charge in [0, 0.05) is 16.8 Å². The summed E-state index contributed by atoms with van der Waals surface area (Å²) in [6.07, 6.45) is 3.03. The zero-order valence-corrected chi connectivity index (χ0v) is 16.3. The molecule has 152 valence electrons. The quantitative estimate of drug-likeness (QED) is 0.488. The van der Waals surface area contributed by atoms with Gasteiger partial charge in [-0.3, -0.25) is 10.1 Å². The van der Waals surface area contributed by atoms with Gasteiger partial charge >= 0.3 is 0 Å². The molecule has 2 aromatic heterocycles. The summed E-state index contributed by atoms with van der Waals surface area (Å²) >= 11 is 5.92. The molecule has 0 fully saturated rings. The van der Waals surface area contributed by atoms with E-state index in [1.807, 2.05) is 0 Å². The average Bonchev–Trinajstić information content (AvgIpc) is 3.38. The molecule has 0 saturated heterocycles. The first-order valence-electron chi connectivity index (χ1n) is 8.93. The van der Waals surface area contributed by atoms with Crippen molar-refractivity contribution in [2.75, 3.05) is 5.32 Å². The monoisotopic (exact) mass is 426 g/mol. The Hall–Kier alpha value is -3.72. The van der Waals surface area contributed by atoms with Crippen molar-refractivity contribution >= 4 is 23.5 Å². The Morgan fingerprint density at radius 2 is 1.97 bits per heavy atom. The van der Waals surface area contributed by atoms with Crippen molar-refractivity contribution in [3.8, 4) is 5.75 Å². The van der Waals surface area contributed by atoms with Crippen molar-refractivity contribution in [2.24, 2.45) is 0 Å². The molecule has 0 aliphatic rings. The smallest absolute Gasteiger partial charge is 0.278 e. The second-order valence-electron chi connectivity index (χ2n) is 6.28. The summed E-state index contributed by atoms with van der Waals surface area (Å²) in [5.74, 6) is -0.112. The van der Waals surface area contributed by atoms with E-state index < -0.39 is 5.91 Å². The van der Waals surface area contributed by atoms with E-state index in [1.54, 1.807) is 54.7 Å². The molecule has 0 radical (unpaired) electrons. The van der Waals surface area contributed by atoms with Crippen LogP contribution in [0.15, 0.2) is 67.1 Å². The summed E-state index contributed by atoms with van der Waals surface area (Å²) in [7, 11) is 0. The van der Waals surface area contributed by atoms with Crippen LogP contribution in [0.3, 0.4) is 0 Å². The molecule has 10 heteroatoms. The molecule has 1 N–H and O–H groups in total. The van der Waals surface area contributed by atoms with E-state index >= 15 is 0 Å². The molecule has 0 aliphatic heterocycles. The van der Waals surface area contributed by atoms with Crippen molar-refractivity contribution < 1.29 is 13.9 Å². The maximum Gasteiger partial charge on any atom is 0.278 e. The van der Waals surface area contributed by atoms with Crippen molar-refractivity contribution in [1.82, 2.24) is 24.5 Å². The van der Waals surface area contributed by atoms with E-state index in [0.29, 0.717) is 16.3 Å². The molecular formula is C20H16ClFN6O2. The number of amides is 1. The van der Waals surface area contributed by atoms with Gasteiger partial charge in [-0.1, -0.05) is 35.9 Å². The summed E-state index contributed by atoms with van der Waals surface area (Å²) in [5.41, 5.74) is 0.647. The summed E-state index contributed by atoms with van der Waals surface area (Å²) in [6.45, 7) is 0.314. The maximum atomic E-state index is 13.7. The van der Waals surface area contributed by atoms with Crippen LogP contribution in [0.2, 0.25) is 5.02 Å². The number of ether oxygens (including phenoxy) is 1. The lowest BCUT2D eigenvalue weighted by molar-refractivity contribution is 0.101. The molecule has 4 rings (SSSR count). The first-order chi connectivity index (χ1) is 14.6. The van der Waals surface area contributed by atoms with Crippen molar-refractivity contribution in [3.05, 3.63) is 89.2 Å². The summed E-state index contributed by atoms with van der Waals surface area (Å²) in [6, 6.07) is 14.9. The average molecular weight is 427 g/mol. The molecule has 1 amide bonds. The van der Waals surface area contributed by atoms with Gasteiger partial charge in [0.05, 0.1) is 6.54 Å².